The molecule has 0 bridgehead atoms. The van der Waals surface area contributed by atoms with E-state index < -0.39 is 62.8 Å². The van der Waals surface area contributed by atoms with Crippen LogP contribution in [0.3, 0.4) is 0 Å². The Hall–Kier alpha value is 1.79. The maximum absolute atomic E-state index is 8.53. The van der Waals surface area contributed by atoms with Crippen LogP contribution in [0.15, 0.2) is 0 Å². The summed E-state index contributed by atoms with van der Waals surface area (Å²) in [7, 11) is 0. The summed E-state index contributed by atoms with van der Waals surface area (Å²) in [6.45, 7) is 0. The average molecular weight is 522 g/mol. The zero-order valence-corrected chi connectivity index (χ0v) is 19.4. The Labute approximate surface area is 137 Å². The Balaban J connectivity index is -0.0000000107. The first kappa shape index (κ1) is 43.7. The van der Waals surface area contributed by atoms with Crippen molar-refractivity contribution in [3.05, 3.63) is 0 Å². The van der Waals surface area contributed by atoms with Crippen LogP contribution in [0.4, 0.5) is 4.70 Å². The van der Waals surface area contributed by atoms with Gasteiger partial charge in [0.15, 0.2) is 0 Å². The van der Waals surface area contributed by atoms with Gasteiger partial charge < -0.3 is 0 Å². The molecule has 15 heteroatoms. The molecule has 0 spiro atoms. The molecule has 0 aromatic rings. The molecule has 0 unspecified atom stereocenters. The van der Waals surface area contributed by atoms with Crippen molar-refractivity contribution in [1.29, 1.82) is 0 Å². The molecule has 0 N–H and O–H groups in total. The minimum absolute atomic E-state index is 0. The molecule has 0 amide bonds. The van der Waals surface area contributed by atoms with E-state index in [2.05, 4.69) is 0 Å². The fraction of sp³-hybridized carbons (Fsp3) is 0. The second-order valence-corrected chi connectivity index (χ2v) is 2.00. The van der Waals surface area contributed by atoms with Crippen molar-refractivity contribution in [2.45, 2.75) is 0 Å². The molecular weight excluding hydrogens is 517 g/mol. The van der Waals surface area contributed by atoms with Gasteiger partial charge >= 0.3 is 135 Å². The van der Waals surface area contributed by atoms with Gasteiger partial charge in [-0.1, -0.05) is 0 Å². The minimum atomic E-state index is -2.19. The summed E-state index contributed by atoms with van der Waals surface area (Å²) in [6, 6.07) is 0. The van der Waals surface area contributed by atoms with Gasteiger partial charge in [0.1, 0.15) is 0 Å². The van der Waals surface area contributed by atoms with Gasteiger partial charge in [0.2, 0.25) is 0 Å². The molecule has 0 aliphatic rings. The van der Waals surface area contributed by atoms with E-state index >= 15 is 0 Å². The third-order valence-electron chi connectivity index (χ3n) is 0. The Morgan fingerprint density at radius 3 is 0.600 bits per heavy atom. The Bertz CT molecular complexity index is 80.6. The van der Waals surface area contributed by atoms with E-state index in [1.807, 2.05) is 0 Å². The molecule has 0 atom stereocenters. The zero-order valence-electron chi connectivity index (χ0n) is 7.07. The Morgan fingerprint density at radius 2 is 0.600 bits per heavy atom. The standard InChI is InChI=1S/FH.4GeHO2.Mg.Mn/c;4*2-1-3;;/h1H;4*1H;;/q;4*-1;2*+2. The summed E-state index contributed by atoms with van der Waals surface area (Å²) in [5.74, 6) is 0. The van der Waals surface area contributed by atoms with Gasteiger partial charge in [-0.2, -0.15) is 0 Å². The summed E-state index contributed by atoms with van der Waals surface area (Å²) < 4.78 is 68.2. The van der Waals surface area contributed by atoms with Crippen LogP contribution >= 0.6 is 0 Å². The van der Waals surface area contributed by atoms with Crippen LogP contribution in [0.2, 0.25) is 0 Å². The van der Waals surface area contributed by atoms with Crippen molar-refractivity contribution in [1.82, 2.24) is 0 Å². The van der Waals surface area contributed by atoms with Crippen LogP contribution in [-0.2, 0) is 32.2 Å². The molecule has 8 nitrogen and oxygen atoms in total. The van der Waals surface area contributed by atoms with Crippen LogP contribution in [0.1, 0.15) is 0 Å². The van der Waals surface area contributed by atoms with E-state index in [1.165, 1.54) is 0 Å². The third kappa shape index (κ3) is 940. The van der Waals surface area contributed by atoms with E-state index in [-0.39, 0.29) is 44.8 Å². The van der Waals surface area contributed by atoms with E-state index in [0.29, 0.717) is 0 Å². The quantitative estimate of drug-likeness (QED) is 0.284. The van der Waals surface area contributed by atoms with E-state index in [1.54, 1.807) is 0 Å². The van der Waals surface area contributed by atoms with Crippen molar-refractivity contribution >= 4 is 85.9 Å². The number of rotatable bonds is 0. The first-order valence-corrected chi connectivity index (χ1v) is 9.80. The normalized spacial score (nSPS) is 3.20. The van der Waals surface area contributed by atoms with Crippen LogP contribution in [-0.4, -0.2) is 85.9 Å². The predicted octanol–water partition coefficient (Wildman–Crippen LogP) is -8.06. The summed E-state index contributed by atoms with van der Waals surface area (Å²) in [4.78, 5) is 0. The summed E-state index contributed by atoms with van der Waals surface area (Å²) in [5.41, 5.74) is 0. The Morgan fingerprint density at radius 1 is 0.600 bits per heavy atom. The predicted molar refractivity (Wildman–Crippen MR) is 39.6 cm³/mol. The van der Waals surface area contributed by atoms with E-state index in [4.69, 9.17) is 31.6 Å². The molecule has 0 aromatic carbocycles. The van der Waals surface area contributed by atoms with Gasteiger partial charge in [-0.3, -0.25) is 4.70 Å². The molecule has 0 rings (SSSR count). The van der Waals surface area contributed by atoms with Crippen LogP contribution in [0.5, 0.6) is 0 Å². The molecule has 85 valence electrons. The van der Waals surface area contributed by atoms with Crippen LogP contribution in [0, 0.1) is 0 Å². The first-order chi connectivity index (χ1) is 5.66. The average Bonchev–Trinajstić information content (AvgIpc) is 1.92. The van der Waals surface area contributed by atoms with Gasteiger partial charge in [0.05, 0.1) is 0 Å². The van der Waals surface area contributed by atoms with Gasteiger partial charge in [-0.25, -0.2) is 0 Å². The van der Waals surface area contributed by atoms with Crippen molar-refractivity contribution in [2.24, 2.45) is 0 Å². The zero-order chi connectivity index (χ0) is 10.8. The summed E-state index contributed by atoms with van der Waals surface area (Å²) in [5, 5.41) is 0. The maximum atomic E-state index is 8.53. The van der Waals surface area contributed by atoms with Crippen molar-refractivity contribution in [3.63, 3.8) is 0 Å². The van der Waals surface area contributed by atoms with Gasteiger partial charge in [0, 0.05) is 0 Å². The Kier molecular flexibility index (Phi) is 300. The number of hydrogen-bond acceptors (Lipinski definition) is 8. The van der Waals surface area contributed by atoms with E-state index in [0.717, 1.165) is 0 Å². The molecule has 0 saturated heterocycles. The molecule has 15 heavy (non-hydrogen) atoms. The van der Waals surface area contributed by atoms with E-state index in [9.17, 15) is 0 Å². The van der Waals surface area contributed by atoms with Gasteiger partial charge in [-0.05, 0) is 0 Å². The second kappa shape index (κ2) is 103. The fourth-order valence-corrected chi connectivity index (χ4v) is 0. The van der Waals surface area contributed by atoms with Crippen LogP contribution < -0.4 is 16.5 Å². The van der Waals surface area contributed by atoms with Crippen molar-refractivity contribution in [2.75, 3.05) is 0 Å². The topological polar surface area (TPSA) is 161 Å². The van der Waals surface area contributed by atoms with Gasteiger partial charge in [0.25, 0.3) is 0 Å². The third-order valence-corrected chi connectivity index (χ3v) is 0. The molecule has 0 fully saturated rings. The fourth-order valence-electron chi connectivity index (χ4n) is 0. The molecule has 0 aromatic heterocycles. The molecule has 1 radical (unpaired) electrons. The molecule has 0 aliphatic heterocycles. The van der Waals surface area contributed by atoms with Crippen molar-refractivity contribution < 1.29 is 53.4 Å². The summed E-state index contributed by atoms with van der Waals surface area (Å²) >= 11 is -8.75. The number of hydrogen-bond donors (Lipinski definition) is 0. The first-order valence-electron chi connectivity index (χ1n) is 1.89. The summed E-state index contributed by atoms with van der Waals surface area (Å²) in [6.07, 6.45) is 0. The molecular formula is H5FGe4MgMnO8. The molecule has 0 heterocycles. The monoisotopic (exact) mass is 527 g/mol. The van der Waals surface area contributed by atoms with Crippen molar-refractivity contribution in [3.8, 4) is 0 Å². The second-order valence-electron chi connectivity index (χ2n) is 0.385. The van der Waals surface area contributed by atoms with Gasteiger partial charge in [-0.15, -0.1) is 0 Å². The molecule has 0 aliphatic carbocycles. The molecule has 0 saturated carbocycles. The van der Waals surface area contributed by atoms with Crippen LogP contribution in [0.25, 0.3) is 0 Å². The number of halogens is 1. The SMILES string of the molecule is F.[Mg+2].[Mn+2].[O]=[GeH][O-].[O]=[GeH][O-].[O]=[GeH][O-].[O]=[GeH][O-].